The fraction of sp³-hybridized carbons (Fsp3) is 0.259. The van der Waals surface area contributed by atoms with Gasteiger partial charge < -0.3 is 5.32 Å². The van der Waals surface area contributed by atoms with Crippen LogP contribution in [0.3, 0.4) is 0 Å². The van der Waals surface area contributed by atoms with Crippen LogP contribution in [0.2, 0.25) is 0 Å². The van der Waals surface area contributed by atoms with Gasteiger partial charge in [0.1, 0.15) is 4.32 Å². The molecule has 1 saturated heterocycles. The molecule has 0 bridgehead atoms. The molecule has 35 heavy (non-hydrogen) atoms. The van der Waals surface area contributed by atoms with Crippen molar-refractivity contribution >= 4 is 62.7 Å². The lowest BCUT2D eigenvalue weighted by molar-refractivity contribution is -0.122. The smallest absolute Gasteiger partial charge is 0.266 e. The Labute approximate surface area is 219 Å². The van der Waals surface area contributed by atoms with Crippen LogP contribution >= 0.6 is 35.3 Å². The van der Waals surface area contributed by atoms with E-state index in [-0.39, 0.29) is 11.8 Å². The van der Waals surface area contributed by atoms with Gasteiger partial charge in [0.15, 0.2) is 5.13 Å². The highest BCUT2D eigenvalue weighted by atomic mass is 32.2. The minimum Gasteiger partial charge on any atom is -0.302 e. The first-order valence-electron chi connectivity index (χ1n) is 11.6. The lowest BCUT2D eigenvalue weighted by Gasteiger charge is -2.13. The Morgan fingerprint density at radius 2 is 1.97 bits per heavy atom. The average molecular weight is 522 g/mol. The zero-order valence-corrected chi connectivity index (χ0v) is 22.2. The summed E-state index contributed by atoms with van der Waals surface area (Å²) < 4.78 is 0.535. The van der Waals surface area contributed by atoms with Gasteiger partial charge >= 0.3 is 0 Å². The van der Waals surface area contributed by atoms with Crippen LogP contribution in [0.4, 0.5) is 5.13 Å². The molecule has 0 saturated carbocycles. The number of benzene rings is 2. The number of nitrogens with one attached hydrogen (secondary N) is 1. The quantitative estimate of drug-likeness (QED) is 0.267. The van der Waals surface area contributed by atoms with Crippen molar-refractivity contribution in [2.24, 2.45) is 0 Å². The van der Waals surface area contributed by atoms with Gasteiger partial charge in [-0.2, -0.15) is 0 Å². The Balaban J connectivity index is 1.25. The SMILES string of the molecule is CCc1ccc(C=C2SC(=S)N(CCCC(=O)Nc3ncc(Cc4cccc(C)c4)s3)C2=O)cc1. The van der Waals surface area contributed by atoms with Crippen LogP contribution in [-0.4, -0.2) is 32.6 Å². The molecule has 0 unspecified atom stereocenters. The number of amides is 2. The molecule has 0 atom stereocenters. The molecule has 5 nitrogen and oxygen atoms in total. The zero-order chi connectivity index (χ0) is 24.8. The molecule has 1 aliphatic heterocycles. The monoisotopic (exact) mass is 521 g/mol. The van der Waals surface area contributed by atoms with Crippen molar-refractivity contribution < 1.29 is 9.59 Å². The van der Waals surface area contributed by atoms with Crippen LogP contribution in [0.1, 0.15) is 46.9 Å². The van der Waals surface area contributed by atoms with Crippen molar-refractivity contribution in [1.82, 2.24) is 9.88 Å². The third kappa shape index (κ3) is 6.87. The van der Waals surface area contributed by atoms with Crippen molar-refractivity contribution in [3.8, 4) is 0 Å². The molecule has 2 heterocycles. The zero-order valence-electron chi connectivity index (χ0n) is 19.7. The van der Waals surface area contributed by atoms with E-state index in [2.05, 4.69) is 54.5 Å². The Morgan fingerprint density at radius 1 is 1.17 bits per heavy atom. The maximum absolute atomic E-state index is 12.8. The molecule has 2 amide bonds. The first-order chi connectivity index (χ1) is 16.9. The molecule has 0 radical (unpaired) electrons. The number of rotatable bonds is 9. The summed E-state index contributed by atoms with van der Waals surface area (Å²) in [5.41, 5.74) is 4.69. The van der Waals surface area contributed by atoms with Crippen molar-refractivity contribution in [2.45, 2.75) is 39.5 Å². The van der Waals surface area contributed by atoms with Gasteiger partial charge in [0, 0.05) is 30.5 Å². The third-order valence-corrected chi connectivity index (χ3v) is 7.90. The van der Waals surface area contributed by atoms with Gasteiger partial charge in [-0.3, -0.25) is 14.5 Å². The second-order valence-corrected chi connectivity index (χ2v) is 11.2. The minimum atomic E-state index is -0.113. The predicted octanol–water partition coefficient (Wildman–Crippen LogP) is 6.22. The molecule has 1 N–H and O–H groups in total. The molecule has 4 rings (SSSR count). The summed E-state index contributed by atoms with van der Waals surface area (Å²) in [7, 11) is 0. The van der Waals surface area contributed by atoms with E-state index in [0.717, 1.165) is 23.3 Å². The van der Waals surface area contributed by atoms with E-state index in [4.69, 9.17) is 12.2 Å². The maximum atomic E-state index is 12.8. The number of hydrogen-bond donors (Lipinski definition) is 1. The number of thiazole rings is 1. The standard InChI is InChI=1S/C27H27N3O2S3/c1-3-19-9-11-20(12-10-19)16-23-25(32)30(27(33)35-23)13-5-8-24(31)29-26-28-17-22(34-26)15-21-7-4-6-18(2)14-21/h4,6-7,9-12,14,16-17H,3,5,8,13,15H2,1-2H3,(H,28,29,31). The molecule has 180 valence electrons. The van der Waals surface area contributed by atoms with Gasteiger partial charge in [-0.1, -0.05) is 85.0 Å². The van der Waals surface area contributed by atoms with Crippen LogP contribution in [0.15, 0.2) is 59.6 Å². The number of thioether (sulfide) groups is 1. The Kier molecular flexibility index (Phi) is 8.49. The number of thiocarbonyl (C=S) groups is 1. The number of aryl methyl sites for hydroxylation is 2. The Morgan fingerprint density at radius 3 is 2.71 bits per heavy atom. The van der Waals surface area contributed by atoms with Gasteiger partial charge in [0.2, 0.25) is 5.91 Å². The molecule has 3 aromatic rings. The topological polar surface area (TPSA) is 62.3 Å². The number of nitrogens with zero attached hydrogens (tertiary/aromatic N) is 2. The van der Waals surface area contributed by atoms with Gasteiger partial charge in [-0.05, 0) is 42.5 Å². The summed E-state index contributed by atoms with van der Waals surface area (Å²) in [6.45, 7) is 4.60. The highest BCUT2D eigenvalue weighted by Crippen LogP contribution is 2.32. The van der Waals surface area contributed by atoms with Crippen LogP contribution < -0.4 is 5.32 Å². The number of aromatic nitrogens is 1. The summed E-state index contributed by atoms with van der Waals surface area (Å²) >= 11 is 8.22. The fourth-order valence-corrected chi connectivity index (χ4v) is 5.91. The summed E-state index contributed by atoms with van der Waals surface area (Å²) in [5.74, 6) is -0.209. The van der Waals surface area contributed by atoms with Gasteiger partial charge in [-0.25, -0.2) is 4.98 Å². The Hall–Kier alpha value is -2.81. The van der Waals surface area contributed by atoms with Gasteiger partial charge in [-0.15, -0.1) is 11.3 Å². The van der Waals surface area contributed by atoms with Crippen LogP contribution in [0.5, 0.6) is 0 Å². The first-order valence-corrected chi connectivity index (χ1v) is 13.6. The van der Waals surface area contributed by atoms with E-state index in [0.29, 0.717) is 33.7 Å². The largest absolute Gasteiger partial charge is 0.302 e. The highest BCUT2D eigenvalue weighted by Gasteiger charge is 2.31. The number of anilines is 1. The third-order valence-electron chi connectivity index (χ3n) is 5.61. The summed E-state index contributed by atoms with van der Waals surface area (Å²) in [5, 5.41) is 3.47. The van der Waals surface area contributed by atoms with Crippen molar-refractivity contribution in [1.29, 1.82) is 0 Å². The molecule has 1 aromatic heterocycles. The average Bonchev–Trinajstić information content (AvgIpc) is 3.38. The second kappa shape index (κ2) is 11.7. The van der Waals surface area contributed by atoms with Crippen molar-refractivity contribution in [2.75, 3.05) is 11.9 Å². The predicted molar refractivity (Wildman–Crippen MR) is 150 cm³/mol. The molecular formula is C27H27N3O2S3. The number of carbonyl (C=O) groups excluding carboxylic acids is 2. The van der Waals surface area contributed by atoms with E-state index in [1.54, 1.807) is 4.90 Å². The lowest BCUT2D eigenvalue weighted by atomic mass is 10.1. The van der Waals surface area contributed by atoms with Crippen LogP contribution in [0, 0.1) is 6.92 Å². The lowest BCUT2D eigenvalue weighted by Crippen LogP contribution is -2.29. The molecule has 8 heteroatoms. The summed E-state index contributed by atoms with van der Waals surface area (Å²) in [6.07, 6.45) is 6.28. The fourth-order valence-electron chi connectivity index (χ4n) is 3.74. The summed E-state index contributed by atoms with van der Waals surface area (Å²) in [4.78, 5) is 32.9. The van der Waals surface area contributed by atoms with E-state index in [1.807, 2.05) is 30.5 Å². The Bertz CT molecular complexity index is 1260. The molecule has 0 aliphatic carbocycles. The molecule has 1 fully saturated rings. The van der Waals surface area contributed by atoms with Gasteiger partial charge in [0.25, 0.3) is 5.91 Å². The minimum absolute atomic E-state index is 0.0966. The molecule has 0 spiro atoms. The molecular weight excluding hydrogens is 495 g/mol. The van der Waals surface area contributed by atoms with E-state index >= 15 is 0 Å². The maximum Gasteiger partial charge on any atom is 0.266 e. The normalized spacial score (nSPS) is 14.7. The number of carbonyl (C=O) groups is 2. The van der Waals surface area contributed by atoms with Crippen LogP contribution in [-0.2, 0) is 22.4 Å². The van der Waals surface area contributed by atoms with E-state index < -0.39 is 0 Å². The van der Waals surface area contributed by atoms with E-state index in [1.165, 1.54) is 39.8 Å². The van der Waals surface area contributed by atoms with Crippen LogP contribution in [0.25, 0.3) is 6.08 Å². The first kappa shape index (κ1) is 25.3. The highest BCUT2D eigenvalue weighted by molar-refractivity contribution is 8.26. The second-order valence-electron chi connectivity index (χ2n) is 8.38. The van der Waals surface area contributed by atoms with Crippen molar-refractivity contribution in [3.63, 3.8) is 0 Å². The molecule has 1 aliphatic rings. The van der Waals surface area contributed by atoms with Crippen molar-refractivity contribution in [3.05, 3.63) is 86.8 Å². The summed E-state index contributed by atoms with van der Waals surface area (Å²) in [6, 6.07) is 16.5. The van der Waals surface area contributed by atoms with E-state index in [9.17, 15) is 9.59 Å². The van der Waals surface area contributed by atoms with Gasteiger partial charge in [0.05, 0.1) is 4.91 Å². The number of hydrogen-bond acceptors (Lipinski definition) is 6. The molecule has 2 aromatic carbocycles.